The zero-order chi connectivity index (χ0) is 19.5. The van der Waals surface area contributed by atoms with Gasteiger partial charge in [-0.25, -0.2) is 4.98 Å². The first-order valence-corrected chi connectivity index (χ1v) is 9.17. The summed E-state index contributed by atoms with van der Waals surface area (Å²) in [5, 5.41) is 2.92. The van der Waals surface area contributed by atoms with Crippen molar-refractivity contribution in [1.82, 2.24) is 9.38 Å². The maximum atomic E-state index is 12.5. The lowest BCUT2D eigenvalue weighted by molar-refractivity contribution is -0.122. The number of fused-ring (bicyclic) bond motifs is 1. The van der Waals surface area contributed by atoms with E-state index in [0.29, 0.717) is 11.4 Å². The number of nitrogens with one attached hydrogen (secondary N) is 1. The monoisotopic (exact) mass is 371 g/mol. The number of carbonyl (C=O) groups excluding carboxylic acids is 1. The van der Waals surface area contributed by atoms with Crippen LogP contribution < -0.4 is 10.1 Å². The number of aromatic nitrogens is 2. The van der Waals surface area contributed by atoms with E-state index in [4.69, 9.17) is 4.74 Å². The summed E-state index contributed by atoms with van der Waals surface area (Å²) < 4.78 is 7.68. The highest BCUT2D eigenvalue weighted by Gasteiger charge is 2.15. The molecule has 0 saturated carbocycles. The van der Waals surface area contributed by atoms with Crippen molar-refractivity contribution in [3.8, 4) is 17.0 Å². The molecule has 4 aromatic rings. The third kappa shape index (κ3) is 3.88. The Morgan fingerprint density at radius 1 is 1.07 bits per heavy atom. The highest BCUT2D eigenvalue weighted by molar-refractivity contribution is 5.94. The summed E-state index contributed by atoms with van der Waals surface area (Å²) in [6, 6.07) is 21.1. The Morgan fingerprint density at radius 2 is 1.89 bits per heavy atom. The van der Waals surface area contributed by atoms with Crippen molar-refractivity contribution in [3.05, 3.63) is 84.7 Å². The number of rotatable bonds is 5. The van der Waals surface area contributed by atoms with Crippen LogP contribution in [-0.4, -0.2) is 21.4 Å². The summed E-state index contributed by atoms with van der Waals surface area (Å²) in [7, 11) is 0. The molecule has 5 nitrogen and oxygen atoms in total. The molecular weight excluding hydrogens is 350 g/mol. The summed E-state index contributed by atoms with van der Waals surface area (Å²) in [6.45, 7) is 3.78. The van der Waals surface area contributed by atoms with Gasteiger partial charge in [0.15, 0.2) is 6.10 Å². The molecule has 28 heavy (non-hydrogen) atoms. The summed E-state index contributed by atoms with van der Waals surface area (Å²) >= 11 is 0. The van der Waals surface area contributed by atoms with Crippen LogP contribution in [-0.2, 0) is 4.79 Å². The number of benzene rings is 2. The number of anilines is 1. The van der Waals surface area contributed by atoms with Gasteiger partial charge in [-0.2, -0.15) is 0 Å². The Morgan fingerprint density at radius 3 is 2.71 bits per heavy atom. The van der Waals surface area contributed by atoms with Crippen LogP contribution in [0.2, 0.25) is 0 Å². The normalized spacial score (nSPS) is 11.9. The number of carbonyl (C=O) groups is 1. The van der Waals surface area contributed by atoms with Gasteiger partial charge in [-0.3, -0.25) is 4.79 Å². The Hall–Kier alpha value is -3.60. The lowest BCUT2D eigenvalue weighted by atomic mass is 10.1. The molecule has 5 heteroatoms. The van der Waals surface area contributed by atoms with Crippen LogP contribution in [0.4, 0.5) is 5.69 Å². The highest BCUT2D eigenvalue weighted by atomic mass is 16.5. The van der Waals surface area contributed by atoms with Gasteiger partial charge >= 0.3 is 0 Å². The van der Waals surface area contributed by atoms with E-state index >= 15 is 0 Å². The molecule has 0 radical (unpaired) electrons. The number of hydrogen-bond acceptors (Lipinski definition) is 3. The molecule has 2 aromatic heterocycles. The third-order valence-electron chi connectivity index (χ3n) is 4.47. The number of ether oxygens (including phenoxy) is 1. The first-order chi connectivity index (χ1) is 13.6. The first-order valence-electron chi connectivity index (χ1n) is 9.17. The van der Waals surface area contributed by atoms with E-state index in [-0.39, 0.29) is 5.91 Å². The zero-order valence-electron chi connectivity index (χ0n) is 15.8. The number of para-hydroxylation sites is 1. The number of hydrogen-bond donors (Lipinski definition) is 1. The van der Waals surface area contributed by atoms with Crippen molar-refractivity contribution in [2.45, 2.75) is 20.0 Å². The Labute approximate surface area is 163 Å². The largest absolute Gasteiger partial charge is 0.481 e. The van der Waals surface area contributed by atoms with E-state index in [0.717, 1.165) is 22.5 Å². The van der Waals surface area contributed by atoms with Gasteiger partial charge in [0.05, 0.1) is 5.69 Å². The molecule has 1 N–H and O–H groups in total. The van der Waals surface area contributed by atoms with Gasteiger partial charge in [-0.1, -0.05) is 30.3 Å². The molecule has 0 aliphatic heterocycles. The second-order valence-corrected chi connectivity index (χ2v) is 6.74. The fraction of sp³-hybridized carbons (Fsp3) is 0.130. The van der Waals surface area contributed by atoms with Gasteiger partial charge < -0.3 is 14.5 Å². The van der Waals surface area contributed by atoms with Crippen LogP contribution in [0.15, 0.2) is 79.1 Å². The Kier molecular flexibility index (Phi) is 4.81. The molecule has 2 aromatic carbocycles. The molecule has 2 heterocycles. The van der Waals surface area contributed by atoms with Gasteiger partial charge in [0, 0.05) is 23.6 Å². The topological polar surface area (TPSA) is 55.6 Å². The minimum Gasteiger partial charge on any atom is -0.481 e. The second-order valence-electron chi connectivity index (χ2n) is 6.74. The molecule has 140 valence electrons. The van der Waals surface area contributed by atoms with E-state index < -0.39 is 6.10 Å². The SMILES string of the molecule is Cc1ccn2cc(-c3cccc(NC(=O)C(C)Oc4ccccc4)c3)nc2c1. The second kappa shape index (κ2) is 7.56. The van der Waals surface area contributed by atoms with Crippen LogP contribution in [0.1, 0.15) is 12.5 Å². The maximum absolute atomic E-state index is 12.5. The molecule has 0 aliphatic rings. The predicted octanol–water partition coefficient (Wildman–Crippen LogP) is 4.72. The summed E-state index contributed by atoms with van der Waals surface area (Å²) in [5.41, 5.74) is 4.57. The van der Waals surface area contributed by atoms with Crippen LogP contribution in [0.5, 0.6) is 5.75 Å². The van der Waals surface area contributed by atoms with Crippen LogP contribution in [0.3, 0.4) is 0 Å². The lowest BCUT2D eigenvalue weighted by Crippen LogP contribution is -2.30. The lowest BCUT2D eigenvalue weighted by Gasteiger charge is -2.15. The predicted molar refractivity (Wildman–Crippen MR) is 111 cm³/mol. The fourth-order valence-corrected chi connectivity index (χ4v) is 2.98. The van der Waals surface area contributed by atoms with E-state index in [1.807, 2.05) is 90.4 Å². The van der Waals surface area contributed by atoms with Crippen LogP contribution in [0, 0.1) is 6.92 Å². The van der Waals surface area contributed by atoms with Gasteiger partial charge in [0.1, 0.15) is 11.4 Å². The van der Waals surface area contributed by atoms with Gasteiger partial charge in [-0.05, 0) is 55.8 Å². The quantitative estimate of drug-likeness (QED) is 0.552. The molecule has 4 rings (SSSR count). The maximum Gasteiger partial charge on any atom is 0.265 e. The molecule has 0 aliphatic carbocycles. The fourth-order valence-electron chi connectivity index (χ4n) is 2.98. The van der Waals surface area contributed by atoms with E-state index in [9.17, 15) is 4.79 Å². The van der Waals surface area contributed by atoms with Crippen LogP contribution in [0.25, 0.3) is 16.9 Å². The number of amides is 1. The minimum atomic E-state index is -0.607. The van der Waals surface area contributed by atoms with Crippen LogP contribution >= 0.6 is 0 Å². The highest BCUT2D eigenvalue weighted by Crippen LogP contribution is 2.23. The van der Waals surface area contributed by atoms with Crippen molar-refractivity contribution in [1.29, 1.82) is 0 Å². The Balaban J connectivity index is 1.50. The summed E-state index contributed by atoms with van der Waals surface area (Å²) in [6.07, 6.45) is 3.37. The van der Waals surface area contributed by atoms with Gasteiger partial charge in [-0.15, -0.1) is 0 Å². The summed E-state index contributed by atoms with van der Waals surface area (Å²) in [5.74, 6) is 0.463. The summed E-state index contributed by atoms with van der Waals surface area (Å²) in [4.78, 5) is 17.2. The molecule has 0 fully saturated rings. The van der Waals surface area contributed by atoms with Crippen molar-refractivity contribution < 1.29 is 9.53 Å². The van der Waals surface area contributed by atoms with E-state index in [1.165, 1.54) is 0 Å². The van der Waals surface area contributed by atoms with Crippen molar-refractivity contribution in [2.75, 3.05) is 5.32 Å². The molecule has 1 amide bonds. The molecule has 0 saturated heterocycles. The van der Waals surface area contributed by atoms with Crippen molar-refractivity contribution in [2.24, 2.45) is 0 Å². The molecular formula is C23H21N3O2. The van der Waals surface area contributed by atoms with Gasteiger partial charge in [0.2, 0.25) is 0 Å². The average molecular weight is 371 g/mol. The minimum absolute atomic E-state index is 0.202. The van der Waals surface area contributed by atoms with E-state index in [1.54, 1.807) is 6.92 Å². The standard InChI is InChI=1S/C23H21N3O2/c1-16-11-12-26-15-21(25-22(26)13-16)18-7-6-8-19(14-18)24-23(27)17(2)28-20-9-4-3-5-10-20/h3-15,17H,1-2H3,(H,24,27). The number of nitrogens with zero attached hydrogens (tertiary/aromatic N) is 2. The molecule has 1 unspecified atom stereocenters. The van der Waals surface area contributed by atoms with Gasteiger partial charge in [0.25, 0.3) is 5.91 Å². The zero-order valence-corrected chi connectivity index (χ0v) is 15.8. The molecule has 0 bridgehead atoms. The molecule has 0 spiro atoms. The third-order valence-corrected chi connectivity index (χ3v) is 4.47. The Bertz CT molecular complexity index is 1120. The number of aryl methyl sites for hydroxylation is 1. The first kappa shape index (κ1) is 17.8. The number of pyridine rings is 1. The van der Waals surface area contributed by atoms with Crippen molar-refractivity contribution >= 4 is 17.2 Å². The average Bonchev–Trinajstić information content (AvgIpc) is 3.12. The van der Waals surface area contributed by atoms with E-state index in [2.05, 4.69) is 10.3 Å². The van der Waals surface area contributed by atoms with Crippen molar-refractivity contribution in [3.63, 3.8) is 0 Å². The smallest absolute Gasteiger partial charge is 0.265 e. The number of imidazole rings is 1. The molecule has 1 atom stereocenters.